The Labute approximate surface area is 172 Å². The maximum atomic E-state index is 12.5. The highest BCUT2D eigenvalue weighted by molar-refractivity contribution is 5.94. The van der Waals surface area contributed by atoms with Crippen LogP contribution in [0.3, 0.4) is 0 Å². The average Bonchev–Trinajstić information content (AvgIpc) is 3.21. The molecule has 0 radical (unpaired) electrons. The predicted octanol–water partition coefficient (Wildman–Crippen LogP) is 3.72. The number of hydrogen-bond acceptors (Lipinski definition) is 3. The lowest BCUT2D eigenvalue weighted by atomic mass is 9.99. The molecule has 2 amide bonds. The van der Waals surface area contributed by atoms with Crippen molar-refractivity contribution in [3.05, 3.63) is 71.6 Å². The molecule has 152 valence electrons. The first kappa shape index (κ1) is 20.8. The lowest BCUT2D eigenvalue weighted by Gasteiger charge is -2.14. The van der Waals surface area contributed by atoms with Gasteiger partial charge in [-0.25, -0.2) is 0 Å². The summed E-state index contributed by atoms with van der Waals surface area (Å²) < 4.78 is 0. The summed E-state index contributed by atoms with van der Waals surface area (Å²) >= 11 is 0. The molecule has 1 N–H and O–H groups in total. The summed E-state index contributed by atoms with van der Waals surface area (Å²) in [6.07, 6.45) is 10.8. The first-order chi connectivity index (χ1) is 14.2. The number of likely N-dealkylation sites (tertiary alicyclic amines) is 1. The van der Waals surface area contributed by atoms with E-state index in [-0.39, 0.29) is 11.8 Å². The number of pyridine rings is 1. The van der Waals surface area contributed by atoms with E-state index in [1.807, 2.05) is 53.6 Å². The van der Waals surface area contributed by atoms with Crippen molar-refractivity contribution in [2.24, 2.45) is 5.92 Å². The van der Waals surface area contributed by atoms with Crippen LogP contribution >= 0.6 is 0 Å². The Kier molecular flexibility index (Phi) is 7.56. The highest BCUT2D eigenvalue weighted by Gasteiger charge is 2.25. The molecule has 1 unspecified atom stereocenters. The van der Waals surface area contributed by atoms with Crippen molar-refractivity contribution in [2.45, 2.75) is 32.6 Å². The van der Waals surface area contributed by atoms with Gasteiger partial charge in [-0.05, 0) is 48.4 Å². The molecule has 1 saturated heterocycles. The molecule has 2 aromatic rings. The summed E-state index contributed by atoms with van der Waals surface area (Å²) in [5, 5.41) is 2.93. The van der Waals surface area contributed by atoms with Crippen LogP contribution in [0.2, 0.25) is 0 Å². The lowest BCUT2D eigenvalue weighted by Crippen LogP contribution is -2.27. The number of carbonyl (C=O) groups excluding carboxylic acids is 2. The fourth-order valence-corrected chi connectivity index (χ4v) is 3.57. The summed E-state index contributed by atoms with van der Waals surface area (Å²) in [5.74, 6) is 0.380. The number of aromatic nitrogens is 1. The van der Waals surface area contributed by atoms with Crippen LogP contribution in [0, 0.1) is 5.92 Å². The van der Waals surface area contributed by atoms with Gasteiger partial charge >= 0.3 is 0 Å². The van der Waals surface area contributed by atoms with E-state index in [9.17, 15) is 9.59 Å². The lowest BCUT2D eigenvalue weighted by molar-refractivity contribution is -0.125. The first-order valence-corrected chi connectivity index (χ1v) is 10.4. The van der Waals surface area contributed by atoms with Crippen LogP contribution in [-0.4, -0.2) is 41.3 Å². The normalized spacial score (nSPS) is 16.3. The van der Waals surface area contributed by atoms with E-state index in [4.69, 9.17) is 0 Å². The van der Waals surface area contributed by atoms with Crippen molar-refractivity contribution in [3.63, 3.8) is 0 Å². The van der Waals surface area contributed by atoms with Gasteiger partial charge in [0.15, 0.2) is 0 Å². The molecule has 1 aromatic heterocycles. The van der Waals surface area contributed by atoms with Gasteiger partial charge in [-0.1, -0.05) is 43.7 Å². The number of amides is 2. The molecule has 0 spiro atoms. The van der Waals surface area contributed by atoms with Gasteiger partial charge in [-0.3, -0.25) is 14.6 Å². The zero-order valence-electron chi connectivity index (χ0n) is 17.0. The second-order valence-corrected chi connectivity index (χ2v) is 7.58. The predicted molar refractivity (Wildman–Crippen MR) is 115 cm³/mol. The van der Waals surface area contributed by atoms with E-state index in [0.717, 1.165) is 49.9 Å². The maximum absolute atomic E-state index is 12.5. The number of carbonyl (C=O) groups is 2. The van der Waals surface area contributed by atoms with Crippen molar-refractivity contribution >= 4 is 17.9 Å². The molecule has 3 rings (SSSR count). The Morgan fingerprint density at radius 2 is 2.07 bits per heavy atom. The standard InChI is InChI=1S/C24H29N3O2/c1-2-3-12-26-24(29)22-15-21(16-25-17-22)14-20-11-13-27(18-20)23(28)10-9-19-7-5-4-6-8-19/h4-10,15-17,20H,2-3,11-14,18H2,1H3,(H,26,29)/b10-9+. The minimum absolute atomic E-state index is 0.0542. The molecule has 5 nitrogen and oxygen atoms in total. The van der Waals surface area contributed by atoms with Crippen LogP contribution in [0.1, 0.15) is 47.7 Å². The number of unbranched alkanes of at least 4 members (excludes halogenated alkanes) is 1. The Bertz CT molecular complexity index is 848. The fourth-order valence-electron chi connectivity index (χ4n) is 3.57. The molecule has 29 heavy (non-hydrogen) atoms. The summed E-state index contributed by atoms with van der Waals surface area (Å²) in [5.41, 5.74) is 2.68. The zero-order valence-corrected chi connectivity index (χ0v) is 17.0. The van der Waals surface area contributed by atoms with E-state index in [1.54, 1.807) is 12.3 Å². The van der Waals surface area contributed by atoms with Crippen molar-refractivity contribution in [1.29, 1.82) is 0 Å². The van der Waals surface area contributed by atoms with E-state index >= 15 is 0 Å². The van der Waals surface area contributed by atoms with Gasteiger partial charge in [0, 0.05) is 38.1 Å². The third kappa shape index (κ3) is 6.28. The van der Waals surface area contributed by atoms with E-state index in [2.05, 4.69) is 17.2 Å². The molecule has 0 bridgehead atoms. The number of rotatable bonds is 8. The minimum atomic E-state index is -0.0675. The second kappa shape index (κ2) is 10.6. The quantitative estimate of drug-likeness (QED) is 0.551. The molecule has 0 aliphatic carbocycles. The molecular formula is C24H29N3O2. The summed E-state index contributed by atoms with van der Waals surface area (Å²) in [7, 11) is 0. The van der Waals surface area contributed by atoms with Gasteiger partial charge in [0.25, 0.3) is 5.91 Å². The van der Waals surface area contributed by atoms with Crippen molar-refractivity contribution in [3.8, 4) is 0 Å². The van der Waals surface area contributed by atoms with Crippen molar-refractivity contribution < 1.29 is 9.59 Å². The van der Waals surface area contributed by atoms with Gasteiger partial charge < -0.3 is 10.2 Å². The van der Waals surface area contributed by atoms with Crippen LogP contribution in [0.4, 0.5) is 0 Å². The van der Waals surface area contributed by atoms with Crippen molar-refractivity contribution in [2.75, 3.05) is 19.6 Å². The van der Waals surface area contributed by atoms with Crippen LogP contribution < -0.4 is 5.32 Å². The van der Waals surface area contributed by atoms with Crippen LogP contribution in [0.5, 0.6) is 0 Å². The number of nitrogens with zero attached hydrogens (tertiary/aromatic N) is 2. The number of benzene rings is 1. The van der Waals surface area contributed by atoms with Crippen LogP contribution in [0.25, 0.3) is 6.08 Å². The Morgan fingerprint density at radius 1 is 1.24 bits per heavy atom. The number of hydrogen-bond donors (Lipinski definition) is 1. The fraction of sp³-hybridized carbons (Fsp3) is 0.375. The smallest absolute Gasteiger partial charge is 0.252 e. The van der Waals surface area contributed by atoms with E-state index in [1.165, 1.54) is 0 Å². The molecule has 2 heterocycles. The van der Waals surface area contributed by atoms with E-state index in [0.29, 0.717) is 18.0 Å². The highest BCUT2D eigenvalue weighted by atomic mass is 16.2. The average molecular weight is 392 g/mol. The van der Waals surface area contributed by atoms with Gasteiger partial charge in [-0.15, -0.1) is 0 Å². The third-order valence-electron chi connectivity index (χ3n) is 5.21. The van der Waals surface area contributed by atoms with Gasteiger partial charge in [0.1, 0.15) is 0 Å². The molecule has 0 saturated carbocycles. The van der Waals surface area contributed by atoms with Crippen LogP contribution in [-0.2, 0) is 11.2 Å². The summed E-state index contributed by atoms with van der Waals surface area (Å²) in [6, 6.07) is 11.8. The Balaban J connectivity index is 1.52. The molecule has 1 atom stereocenters. The molecular weight excluding hydrogens is 362 g/mol. The van der Waals surface area contributed by atoms with Gasteiger partial charge in [-0.2, -0.15) is 0 Å². The SMILES string of the molecule is CCCCNC(=O)c1cncc(CC2CCN(C(=O)/C=C/c3ccccc3)C2)c1. The van der Waals surface area contributed by atoms with Gasteiger partial charge in [0.05, 0.1) is 5.56 Å². The zero-order chi connectivity index (χ0) is 20.5. The monoisotopic (exact) mass is 391 g/mol. The van der Waals surface area contributed by atoms with Crippen molar-refractivity contribution in [1.82, 2.24) is 15.2 Å². The first-order valence-electron chi connectivity index (χ1n) is 10.4. The second-order valence-electron chi connectivity index (χ2n) is 7.58. The number of nitrogens with one attached hydrogen (secondary N) is 1. The molecule has 1 fully saturated rings. The summed E-state index contributed by atoms with van der Waals surface area (Å²) in [6.45, 7) is 4.30. The van der Waals surface area contributed by atoms with Gasteiger partial charge in [0.2, 0.25) is 5.91 Å². The molecule has 1 aromatic carbocycles. The molecule has 1 aliphatic rings. The van der Waals surface area contributed by atoms with Crippen LogP contribution in [0.15, 0.2) is 54.9 Å². The highest BCUT2D eigenvalue weighted by Crippen LogP contribution is 2.21. The maximum Gasteiger partial charge on any atom is 0.252 e. The van der Waals surface area contributed by atoms with E-state index < -0.39 is 0 Å². The molecule has 1 aliphatic heterocycles. The Hall–Kier alpha value is -2.95. The summed E-state index contributed by atoms with van der Waals surface area (Å²) in [4.78, 5) is 30.8. The minimum Gasteiger partial charge on any atom is -0.352 e. The molecule has 5 heteroatoms. The topological polar surface area (TPSA) is 62.3 Å². The third-order valence-corrected chi connectivity index (χ3v) is 5.21. The Morgan fingerprint density at radius 3 is 2.86 bits per heavy atom. The largest absolute Gasteiger partial charge is 0.352 e.